The van der Waals surface area contributed by atoms with E-state index in [1.165, 1.54) is 0 Å². The molecule has 15 heteroatoms. The number of halogens is 10. The predicted molar refractivity (Wildman–Crippen MR) is 93.3 cm³/mol. The summed E-state index contributed by atoms with van der Waals surface area (Å²) in [5.74, 6) is -3.91. The summed E-state index contributed by atoms with van der Waals surface area (Å²) >= 11 is 0. The van der Waals surface area contributed by atoms with E-state index in [0.717, 1.165) is 0 Å². The number of nitrogens with one attached hydrogen (secondary N) is 1. The molecular formula is C16H27F10N2O2S+. The fourth-order valence-electron chi connectivity index (χ4n) is 2.65. The molecule has 31 heavy (non-hydrogen) atoms. The molecule has 0 aliphatic carbocycles. The average molecular weight is 501 g/mol. The van der Waals surface area contributed by atoms with Crippen molar-refractivity contribution >= 4 is 10.0 Å². The van der Waals surface area contributed by atoms with Gasteiger partial charge >= 0.3 is 18.5 Å². The number of nitrogens with zero attached hydrogens (tertiary/aromatic N) is 1. The van der Waals surface area contributed by atoms with Crippen LogP contribution in [-0.4, -0.2) is 77.1 Å². The summed E-state index contributed by atoms with van der Waals surface area (Å²) in [5, 5.41) is 0. The molecule has 0 fully saturated rings. The molecule has 4 nitrogen and oxygen atoms in total. The highest BCUT2D eigenvalue weighted by atomic mass is 32.2. The van der Waals surface area contributed by atoms with Crippen LogP contribution in [0.5, 0.6) is 0 Å². The molecule has 0 saturated carbocycles. The van der Waals surface area contributed by atoms with Gasteiger partial charge in [0.1, 0.15) is 0 Å². The number of sulfonamides is 1. The van der Waals surface area contributed by atoms with Crippen LogP contribution in [0.1, 0.15) is 32.1 Å². The van der Waals surface area contributed by atoms with E-state index in [2.05, 4.69) is 4.72 Å². The molecule has 1 atom stereocenters. The Morgan fingerprint density at radius 3 is 1.68 bits per heavy atom. The number of hydrogen-bond donors (Lipinski definition) is 1. The van der Waals surface area contributed by atoms with E-state index >= 15 is 0 Å². The van der Waals surface area contributed by atoms with Crippen molar-refractivity contribution in [1.29, 1.82) is 0 Å². The van der Waals surface area contributed by atoms with Gasteiger partial charge in [0.15, 0.2) is 0 Å². The SMILES string of the molecule is C[N+](C)(C)CCCNS(=O)(=O)CCCCC(CC(F)(C(F)(F)F)C(F)(F)F)C(F)(F)F. The smallest absolute Gasteiger partial charge is 0.331 e. The van der Waals surface area contributed by atoms with Gasteiger partial charge in [0.25, 0.3) is 5.67 Å². The summed E-state index contributed by atoms with van der Waals surface area (Å²) in [5.41, 5.74) is -6.03. The second kappa shape index (κ2) is 10.4. The Balaban J connectivity index is 4.91. The minimum absolute atomic E-state index is 0.0601. The average Bonchev–Trinajstić information content (AvgIpc) is 2.50. The maximum Gasteiger partial charge on any atom is 0.431 e. The molecule has 0 amide bonds. The normalized spacial score (nSPS) is 15.9. The van der Waals surface area contributed by atoms with Crippen LogP contribution in [-0.2, 0) is 10.0 Å². The maximum absolute atomic E-state index is 13.7. The zero-order chi connectivity index (χ0) is 24.9. The van der Waals surface area contributed by atoms with Gasteiger partial charge in [-0.2, -0.15) is 39.5 Å². The maximum atomic E-state index is 13.7. The topological polar surface area (TPSA) is 46.2 Å². The van der Waals surface area contributed by atoms with E-state index in [9.17, 15) is 52.3 Å². The van der Waals surface area contributed by atoms with Gasteiger partial charge in [-0.15, -0.1) is 0 Å². The Labute approximate surface area is 174 Å². The predicted octanol–water partition coefficient (Wildman–Crippen LogP) is 4.57. The fourth-order valence-corrected chi connectivity index (χ4v) is 3.83. The molecule has 0 aliphatic heterocycles. The molecule has 0 aromatic heterocycles. The van der Waals surface area contributed by atoms with Gasteiger partial charge in [0.05, 0.1) is 39.4 Å². The molecule has 188 valence electrons. The van der Waals surface area contributed by atoms with E-state index in [4.69, 9.17) is 0 Å². The third-order valence-electron chi connectivity index (χ3n) is 4.43. The standard InChI is InChI=1S/C16H27F10N2O2S/c1-28(2,3)9-6-8-27-31(29,30)10-5-4-7-12(14(18,19)20)11-13(17,15(21,22)23)16(24,25)26/h12,27H,4-11H2,1-3H3/q+1. The van der Waals surface area contributed by atoms with Crippen LogP contribution in [0.2, 0.25) is 0 Å². The second-order valence-electron chi connectivity index (χ2n) is 8.32. The van der Waals surface area contributed by atoms with Gasteiger partial charge in [-0.05, 0) is 12.8 Å². The molecule has 0 aliphatic rings. The minimum Gasteiger partial charge on any atom is -0.331 e. The molecule has 0 radical (unpaired) electrons. The van der Waals surface area contributed by atoms with Gasteiger partial charge in [0.2, 0.25) is 10.0 Å². The van der Waals surface area contributed by atoms with Crippen molar-refractivity contribution in [3.8, 4) is 0 Å². The first-order valence-electron chi connectivity index (χ1n) is 9.19. The number of quaternary nitrogens is 1. The quantitative estimate of drug-likeness (QED) is 0.242. The summed E-state index contributed by atoms with van der Waals surface area (Å²) in [7, 11) is 1.72. The first kappa shape index (κ1) is 30.2. The Hall–Kier alpha value is -0.830. The first-order valence-corrected chi connectivity index (χ1v) is 10.8. The van der Waals surface area contributed by atoms with E-state index in [-0.39, 0.29) is 6.54 Å². The molecule has 0 spiro atoms. The summed E-state index contributed by atoms with van der Waals surface area (Å²) in [6.45, 7) is 0.684. The van der Waals surface area contributed by atoms with Crippen molar-refractivity contribution < 1.29 is 56.8 Å². The van der Waals surface area contributed by atoms with Crippen LogP contribution < -0.4 is 4.72 Å². The van der Waals surface area contributed by atoms with Crippen LogP contribution in [0.25, 0.3) is 0 Å². The Morgan fingerprint density at radius 1 is 0.806 bits per heavy atom. The van der Waals surface area contributed by atoms with Crippen molar-refractivity contribution in [2.24, 2.45) is 5.92 Å². The lowest BCUT2D eigenvalue weighted by Crippen LogP contribution is -2.55. The van der Waals surface area contributed by atoms with E-state index in [1.54, 1.807) is 0 Å². The van der Waals surface area contributed by atoms with Gasteiger partial charge < -0.3 is 4.48 Å². The summed E-state index contributed by atoms with van der Waals surface area (Å²) < 4.78 is 154. The van der Waals surface area contributed by atoms with E-state index in [1.807, 2.05) is 21.1 Å². The third-order valence-corrected chi connectivity index (χ3v) is 5.90. The molecule has 1 unspecified atom stereocenters. The molecule has 0 aromatic carbocycles. The zero-order valence-electron chi connectivity index (χ0n) is 17.2. The molecule has 0 saturated heterocycles. The van der Waals surface area contributed by atoms with Crippen molar-refractivity contribution in [3.63, 3.8) is 0 Å². The Bertz CT molecular complexity index is 637. The van der Waals surface area contributed by atoms with Gasteiger partial charge in [-0.25, -0.2) is 17.5 Å². The van der Waals surface area contributed by atoms with Crippen molar-refractivity contribution in [2.75, 3.05) is 40.0 Å². The van der Waals surface area contributed by atoms with Crippen LogP contribution in [0.4, 0.5) is 43.9 Å². The molecule has 0 bridgehead atoms. The minimum atomic E-state index is -6.59. The highest BCUT2D eigenvalue weighted by Crippen LogP contribution is 2.52. The summed E-state index contributed by atoms with van der Waals surface area (Å²) in [6.07, 6.45) is -23.5. The zero-order valence-corrected chi connectivity index (χ0v) is 18.0. The summed E-state index contributed by atoms with van der Waals surface area (Å²) in [4.78, 5) is 0. The van der Waals surface area contributed by atoms with Crippen LogP contribution in [0, 0.1) is 5.92 Å². The summed E-state index contributed by atoms with van der Waals surface area (Å²) in [6, 6.07) is 0. The van der Waals surface area contributed by atoms with Crippen molar-refractivity contribution in [2.45, 2.75) is 56.3 Å². The number of unbranched alkanes of at least 4 members (excludes halogenated alkanes) is 1. The number of alkyl halides is 10. The number of hydrogen-bond acceptors (Lipinski definition) is 2. The monoisotopic (exact) mass is 501 g/mol. The van der Waals surface area contributed by atoms with Crippen LogP contribution in [0.15, 0.2) is 0 Å². The Kier molecular flexibility index (Phi) is 10.1. The largest absolute Gasteiger partial charge is 0.431 e. The van der Waals surface area contributed by atoms with Crippen LogP contribution >= 0.6 is 0 Å². The molecule has 0 rings (SSSR count). The molecule has 0 heterocycles. The third kappa shape index (κ3) is 10.6. The fraction of sp³-hybridized carbons (Fsp3) is 1.00. The highest BCUT2D eigenvalue weighted by molar-refractivity contribution is 7.89. The van der Waals surface area contributed by atoms with Gasteiger partial charge in [-0.1, -0.05) is 6.42 Å². The molecule has 1 N–H and O–H groups in total. The van der Waals surface area contributed by atoms with Gasteiger partial charge in [-0.3, -0.25) is 0 Å². The van der Waals surface area contributed by atoms with E-state index in [0.29, 0.717) is 17.4 Å². The second-order valence-corrected chi connectivity index (χ2v) is 10.2. The Morgan fingerprint density at radius 2 is 1.29 bits per heavy atom. The van der Waals surface area contributed by atoms with E-state index < -0.39 is 71.6 Å². The molecule has 0 aromatic rings. The van der Waals surface area contributed by atoms with Gasteiger partial charge in [0, 0.05) is 19.4 Å². The van der Waals surface area contributed by atoms with Crippen molar-refractivity contribution in [1.82, 2.24) is 4.72 Å². The lowest BCUT2D eigenvalue weighted by atomic mass is 9.87. The lowest BCUT2D eigenvalue weighted by molar-refractivity contribution is -0.870. The van der Waals surface area contributed by atoms with Crippen LogP contribution in [0.3, 0.4) is 0 Å². The lowest BCUT2D eigenvalue weighted by Gasteiger charge is -2.33. The highest BCUT2D eigenvalue weighted by Gasteiger charge is 2.73. The van der Waals surface area contributed by atoms with Crippen molar-refractivity contribution in [3.05, 3.63) is 0 Å². The molecular weight excluding hydrogens is 474 g/mol. The number of rotatable bonds is 12. The first-order chi connectivity index (χ1) is 13.5.